The second-order valence-corrected chi connectivity index (χ2v) is 9.90. The van der Waals surface area contributed by atoms with Crippen LogP contribution in [0.25, 0.3) is 16.9 Å². The van der Waals surface area contributed by atoms with Gasteiger partial charge in [0.25, 0.3) is 11.8 Å². The number of methoxy groups -OCH3 is 1. The van der Waals surface area contributed by atoms with Gasteiger partial charge in [0.05, 0.1) is 31.7 Å². The van der Waals surface area contributed by atoms with Gasteiger partial charge in [-0.3, -0.25) is 9.59 Å². The lowest BCUT2D eigenvalue weighted by atomic mass is 10.1. The Morgan fingerprint density at radius 2 is 2.11 bits per heavy atom. The molecule has 5 rings (SSSR count). The molecule has 36 heavy (non-hydrogen) atoms. The second kappa shape index (κ2) is 10.7. The van der Waals surface area contributed by atoms with E-state index in [2.05, 4.69) is 25.8 Å². The van der Waals surface area contributed by atoms with E-state index in [0.29, 0.717) is 39.4 Å². The number of thioether (sulfide) groups is 1. The number of hydrogen-bond donors (Lipinski definition) is 2. The van der Waals surface area contributed by atoms with Crippen molar-refractivity contribution in [3.8, 4) is 17.0 Å². The van der Waals surface area contributed by atoms with Crippen LogP contribution in [0.3, 0.4) is 0 Å². The largest absolute Gasteiger partial charge is 0.496 e. The highest BCUT2D eigenvalue weighted by atomic mass is 35.5. The van der Waals surface area contributed by atoms with Gasteiger partial charge in [0, 0.05) is 29.0 Å². The molecule has 0 aliphatic carbocycles. The molecule has 0 spiro atoms. The molecule has 0 bridgehead atoms. The highest BCUT2D eigenvalue weighted by Crippen LogP contribution is 2.36. The molecule has 0 saturated carbocycles. The van der Waals surface area contributed by atoms with E-state index in [0.717, 1.165) is 24.3 Å². The Hall–Kier alpha value is -3.41. The van der Waals surface area contributed by atoms with E-state index in [-0.39, 0.29) is 18.0 Å². The highest BCUT2D eigenvalue weighted by Gasteiger charge is 2.23. The van der Waals surface area contributed by atoms with Crippen molar-refractivity contribution in [2.75, 3.05) is 30.5 Å². The zero-order valence-electron chi connectivity index (χ0n) is 19.5. The number of rotatable bonds is 7. The third-order valence-electron chi connectivity index (χ3n) is 5.92. The monoisotopic (exact) mass is 525 g/mol. The van der Waals surface area contributed by atoms with Gasteiger partial charge in [-0.25, -0.2) is 14.2 Å². The lowest BCUT2D eigenvalue weighted by Gasteiger charge is -2.22. The first-order valence-corrected chi connectivity index (χ1v) is 12.9. The van der Waals surface area contributed by atoms with Crippen molar-refractivity contribution in [1.82, 2.24) is 29.7 Å². The molecule has 4 heterocycles. The summed E-state index contributed by atoms with van der Waals surface area (Å²) in [5.74, 6) is 1.99. The first kappa shape index (κ1) is 24.3. The Morgan fingerprint density at radius 3 is 2.92 bits per heavy atom. The maximum absolute atomic E-state index is 13.2. The first-order valence-electron chi connectivity index (χ1n) is 11.4. The molecule has 186 valence electrons. The molecule has 3 aromatic heterocycles. The van der Waals surface area contributed by atoms with Crippen LogP contribution in [0.4, 0.5) is 5.69 Å². The number of carbonyl (C=O) groups excluding carboxylic acids is 2. The van der Waals surface area contributed by atoms with Crippen LogP contribution in [-0.2, 0) is 0 Å². The molecule has 1 amide bonds. The summed E-state index contributed by atoms with van der Waals surface area (Å²) >= 11 is 8.18. The summed E-state index contributed by atoms with van der Waals surface area (Å²) in [6, 6.07) is 7.12. The number of nitrogens with one attached hydrogen (secondary N) is 2. The number of aromatic nitrogens is 5. The summed E-state index contributed by atoms with van der Waals surface area (Å²) in [5, 5.41) is 15.4. The van der Waals surface area contributed by atoms with Gasteiger partial charge in [0.15, 0.2) is 5.65 Å². The van der Waals surface area contributed by atoms with Crippen LogP contribution in [0.15, 0.2) is 49.1 Å². The van der Waals surface area contributed by atoms with Crippen molar-refractivity contribution >= 4 is 46.5 Å². The van der Waals surface area contributed by atoms with Crippen LogP contribution >= 0.6 is 23.4 Å². The molecule has 4 aromatic rings. The summed E-state index contributed by atoms with van der Waals surface area (Å²) in [4.78, 5) is 30.5. The average molecular weight is 526 g/mol. The van der Waals surface area contributed by atoms with E-state index in [9.17, 15) is 9.59 Å². The fraction of sp³-hybridized carbons (Fsp3) is 0.292. The molecular weight excluding hydrogens is 502 g/mol. The first-order chi connectivity index (χ1) is 17.5. The molecular formula is C24H24ClN7O3S. The van der Waals surface area contributed by atoms with E-state index >= 15 is 0 Å². The summed E-state index contributed by atoms with van der Waals surface area (Å²) < 4.78 is 8.25. The van der Waals surface area contributed by atoms with Crippen molar-refractivity contribution < 1.29 is 14.3 Å². The van der Waals surface area contributed by atoms with Gasteiger partial charge in [-0.05, 0) is 48.6 Å². The quantitative estimate of drug-likeness (QED) is 0.376. The highest BCUT2D eigenvalue weighted by molar-refractivity contribution is 7.99. The molecule has 0 radical (unpaired) electrons. The van der Waals surface area contributed by atoms with Crippen LogP contribution < -0.4 is 15.4 Å². The maximum atomic E-state index is 13.2. The number of fused-ring (bicyclic) bond motifs is 1. The Bertz CT molecular complexity index is 1410. The van der Waals surface area contributed by atoms with Crippen LogP contribution in [0.1, 0.15) is 28.0 Å². The normalized spacial score (nSPS) is 14.2. The van der Waals surface area contributed by atoms with E-state index < -0.39 is 5.91 Å². The number of amides is 1. The van der Waals surface area contributed by atoms with E-state index in [1.807, 2.05) is 11.8 Å². The second-order valence-electron chi connectivity index (χ2n) is 8.24. The molecule has 1 fully saturated rings. The Morgan fingerprint density at radius 1 is 1.28 bits per heavy atom. The molecule has 12 heteroatoms. The van der Waals surface area contributed by atoms with Crippen molar-refractivity contribution in [1.29, 1.82) is 0 Å². The molecule has 1 aliphatic rings. The minimum atomic E-state index is -0.434. The minimum absolute atomic E-state index is 0.133. The third-order valence-corrected chi connectivity index (χ3v) is 7.21. The van der Waals surface area contributed by atoms with Crippen molar-refractivity contribution in [3.63, 3.8) is 0 Å². The van der Waals surface area contributed by atoms with Crippen molar-refractivity contribution in [3.05, 3.63) is 59.6 Å². The van der Waals surface area contributed by atoms with Crippen LogP contribution in [0.5, 0.6) is 5.75 Å². The van der Waals surface area contributed by atoms with E-state index in [4.69, 9.17) is 16.3 Å². The molecule has 10 nitrogen and oxygen atoms in total. The number of carbonyl (C=O) groups is 2. The number of ether oxygens (including phenoxy) is 1. The number of anilines is 1. The lowest BCUT2D eigenvalue weighted by Crippen LogP contribution is -2.38. The summed E-state index contributed by atoms with van der Waals surface area (Å²) in [6.45, 7) is 0.133. The zero-order chi connectivity index (χ0) is 25.1. The Kier molecular flexibility index (Phi) is 7.21. The molecule has 1 aliphatic heterocycles. The molecule has 1 saturated heterocycles. The topological polar surface area (TPSA) is 115 Å². The molecule has 1 aromatic carbocycles. The Labute approximate surface area is 216 Å². The van der Waals surface area contributed by atoms with Crippen LogP contribution in [0.2, 0.25) is 5.02 Å². The van der Waals surface area contributed by atoms with Gasteiger partial charge >= 0.3 is 0 Å². The average Bonchev–Trinajstić information content (AvgIpc) is 3.52. The SMILES string of the molecule is COc1ccc(Cl)cc1-c1nn(C(=O)CNC2CCSCC2)cc1NC(=O)c1cnn2cccnc12. The fourth-order valence-corrected chi connectivity index (χ4v) is 5.33. The number of hydrogen-bond acceptors (Lipinski definition) is 8. The maximum Gasteiger partial charge on any atom is 0.261 e. The number of nitrogens with zero attached hydrogens (tertiary/aromatic N) is 5. The lowest BCUT2D eigenvalue weighted by molar-refractivity contribution is 0.0891. The van der Waals surface area contributed by atoms with Crippen molar-refractivity contribution in [2.45, 2.75) is 18.9 Å². The number of halogens is 1. The summed E-state index contributed by atoms with van der Waals surface area (Å²) in [7, 11) is 1.53. The van der Waals surface area contributed by atoms with Gasteiger partial charge in [-0.15, -0.1) is 0 Å². The van der Waals surface area contributed by atoms with Gasteiger partial charge in [0.2, 0.25) is 0 Å². The van der Waals surface area contributed by atoms with E-state index in [1.165, 1.54) is 28.7 Å². The summed E-state index contributed by atoms with van der Waals surface area (Å²) in [5.41, 5.74) is 1.93. The van der Waals surface area contributed by atoms with Gasteiger partial charge in [-0.1, -0.05) is 11.6 Å². The van der Waals surface area contributed by atoms with E-state index in [1.54, 1.807) is 36.7 Å². The number of benzene rings is 1. The van der Waals surface area contributed by atoms with Crippen molar-refractivity contribution in [2.24, 2.45) is 0 Å². The molecule has 0 atom stereocenters. The summed E-state index contributed by atoms with van der Waals surface area (Å²) in [6.07, 6.45) is 8.29. The predicted octanol–water partition coefficient (Wildman–Crippen LogP) is 3.63. The minimum Gasteiger partial charge on any atom is -0.496 e. The third kappa shape index (κ3) is 5.08. The zero-order valence-corrected chi connectivity index (χ0v) is 21.1. The van der Waals surface area contributed by atoms with Gasteiger partial charge in [-0.2, -0.15) is 22.0 Å². The fourth-order valence-electron chi connectivity index (χ4n) is 4.05. The molecule has 0 unspecified atom stereocenters. The smallest absolute Gasteiger partial charge is 0.261 e. The predicted molar refractivity (Wildman–Crippen MR) is 139 cm³/mol. The van der Waals surface area contributed by atoms with Crippen LogP contribution in [0, 0.1) is 0 Å². The van der Waals surface area contributed by atoms with Gasteiger partial charge in [0.1, 0.15) is 17.0 Å². The molecule has 2 N–H and O–H groups in total. The van der Waals surface area contributed by atoms with Crippen LogP contribution in [-0.4, -0.2) is 67.4 Å². The standard InChI is InChI=1S/C24H24ClN7O3S/c1-35-20-4-3-15(25)11-17(20)22-19(29-24(34)18-12-28-31-8-2-7-26-23(18)31)14-32(30-22)21(33)13-27-16-5-9-36-10-6-16/h2-4,7-8,11-12,14,16,27H,5-6,9-10,13H2,1H3,(H,29,34). The van der Waals surface area contributed by atoms with Gasteiger partial charge < -0.3 is 15.4 Å². The Balaban J connectivity index is 1.47.